The predicted octanol–water partition coefficient (Wildman–Crippen LogP) is -0.618. The van der Waals surface area contributed by atoms with Crippen LogP contribution in [0.15, 0.2) is 12.1 Å². The van der Waals surface area contributed by atoms with Crippen LogP contribution in [0.4, 0.5) is 11.6 Å². The third kappa shape index (κ3) is 0.830. The molecule has 0 amide bonds. The number of imidazole rings is 1. The molecular formula is C7H8N4O3. The quantitative estimate of drug-likeness (QED) is 0.147. The topological polar surface area (TPSA) is 124 Å². The lowest BCUT2D eigenvalue weighted by molar-refractivity contribution is -0.563. The van der Waals surface area contributed by atoms with Crippen molar-refractivity contribution in [1.29, 1.82) is 0 Å². The van der Waals surface area contributed by atoms with Crippen LogP contribution in [0.5, 0.6) is 5.75 Å². The number of nitrogens with zero attached hydrogens (tertiary/aromatic N) is 2. The SMILES string of the molecule is Nc1cc2c(cc1O)n(O)c(N)[n+]2[O-]. The van der Waals surface area contributed by atoms with E-state index in [-0.39, 0.29) is 28.4 Å². The fraction of sp³-hybridized carbons (Fsp3) is 0. The van der Waals surface area contributed by atoms with E-state index >= 15 is 0 Å². The highest BCUT2D eigenvalue weighted by molar-refractivity contribution is 5.81. The smallest absolute Gasteiger partial charge is 0.393 e. The molecule has 7 nitrogen and oxygen atoms in total. The molecule has 14 heavy (non-hydrogen) atoms. The lowest BCUT2D eigenvalue weighted by Gasteiger charge is -2.01. The van der Waals surface area contributed by atoms with Gasteiger partial charge in [0.25, 0.3) is 0 Å². The highest BCUT2D eigenvalue weighted by atomic mass is 16.5. The molecule has 0 atom stereocenters. The van der Waals surface area contributed by atoms with Crippen molar-refractivity contribution >= 4 is 22.7 Å². The number of hydrogen-bond donors (Lipinski definition) is 4. The molecule has 0 radical (unpaired) electrons. The van der Waals surface area contributed by atoms with Crippen LogP contribution in [0.1, 0.15) is 0 Å². The molecule has 0 aliphatic carbocycles. The number of benzene rings is 1. The van der Waals surface area contributed by atoms with Crippen molar-refractivity contribution in [2.24, 2.45) is 0 Å². The highest BCUT2D eigenvalue weighted by Crippen LogP contribution is 2.26. The molecule has 6 N–H and O–H groups in total. The van der Waals surface area contributed by atoms with E-state index in [9.17, 15) is 15.5 Å². The molecule has 0 aliphatic rings. The number of aromatic nitrogens is 2. The van der Waals surface area contributed by atoms with Crippen LogP contribution < -0.4 is 16.2 Å². The van der Waals surface area contributed by atoms with Crippen molar-refractivity contribution in [3.05, 3.63) is 17.3 Å². The largest absolute Gasteiger partial charge is 0.740 e. The Kier molecular flexibility index (Phi) is 1.39. The lowest BCUT2D eigenvalue weighted by Crippen LogP contribution is -2.29. The first-order valence-electron chi connectivity index (χ1n) is 3.73. The molecule has 0 unspecified atom stereocenters. The van der Waals surface area contributed by atoms with Crippen LogP contribution in [0.25, 0.3) is 11.0 Å². The summed E-state index contributed by atoms with van der Waals surface area (Å²) in [6.45, 7) is 0. The van der Waals surface area contributed by atoms with Crippen molar-refractivity contribution < 1.29 is 15.0 Å². The Morgan fingerprint density at radius 2 is 2.00 bits per heavy atom. The Morgan fingerprint density at radius 1 is 1.36 bits per heavy atom. The third-order valence-corrected chi connectivity index (χ3v) is 2.00. The summed E-state index contributed by atoms with van der Waals surface area (Å²) in [5.41, 5.74) is 10.9. The first-order valence-corrected chi connectivity index (χ1v) is 3.73. The minimum absolute atomic E-state index is 0.0488. The number of aromatic hydroxyl groups is 1. The summed E-state index contributed by atoms with van der Waals surface area (Å²) in [6, 6.07) is 2.40. The summed E-state index contributed by atoms with van der Waals surface area (Å²) >= 11 is 0. The van der Waals surface area contributed by atoms with Gasteiger partial charge >= 0.3 is 5.95 Å². The molecule has 0 saturated carbocycles. The van der Waals surface area contributed by atoms with Crippen LogP contribution in [0, 0.1) is 5.21 Å². The van der Waals surface area contributed by atoms with Crippen LogP contribution in [0.2, 0.25) is 0 Å². The fourth-order valence-electron chi connectivity index (χ4n) is 1.25. The molecule has 1 aromatic heterocycles. The van der Waals surface area contributed by atoms with Crippen molar-refractivity contribution in [1.82, 2.24) is 4.73 Å². The number of fused-ring (bicyclic) bond motifs is 1. The number of nitrogens with two attached hydrogens (primary N) is 2. The average molecular weight is 196 g/mol. The zero-order chi connectivity index (χ0) is 10.5. The van der Waals surface area contributed by atoms with Gasteiger partial charge in [0.1, 0.15) is 11.3 Å². The normalized spacial score (nSPS) is 10.9. The van der Waals surface area contributed by atoms with Crippen LogP contribution in [0.3, 0.4) is 0 Å². The maximum atomic E-state index is 11.3. The van der Waals surface area contributed by atoms with Gasteiger partial charge in [-0.1, -0.05) is 4.73 Å². The number of phenolic OH excluding ortho intramolecular Hbond substituents is 1. The molecule has 0 spiro atoms. The van der Waals surface area contributed by atoms with Crippen LogP contribution in [-0.2, 0) is 0 Å². The number of hydrogen-bond acceptors (Lipinski definition) is 5. The molecule has 0 fully saturated rings. The Balaban J connectivity index is 2.96. The second-order valence-electron chi connectivity index (χ2n) is 2.86. The Labute approximate surface area is 77.9 Å². The first-order chi connectivity index (χ1) is 6.52. The number of rotatable bonds is 0. The fourth-order valence-corrected chi connectivity index (χ4v) is 1.25. The van der Waals surface area contributed by atoms with E-state index in [1.807, 2.05) is 0 Å². The van der Waals surface area contributed by atoms with Crippen molar-refractivity contribution in [2.45, 2.75) is 0 Å². The zero-order valence-electron chi connectivity index (χ0n) is 7.01. The molecule has 2 rings (SSSR count). The van der Waals surface area contributed by atoms with Gasteiger partial charge in [0, 0.05) is 12.1 Å². The minimum atomic E-state index is -0.384. The van der Waals surface area contributed by atoms with Gasteiger partial charge in [0.15, 0.2) is 5.52 Å². The summed E-state index contributed by atoms with van der Waals surface area (Å²) in [7, 11) is 0. The van der Waals surface area contributed by atoms with Crippen molar-refractivity contribution in [3.63, 3.8) is 0 Å². The maximum Gasteiger partial charge on any atom is 0.393 e. The lowest BCUT2D eigenvalue weighted by atomic mass is 10.2. The summed E-state index contributed by atoms with van der Waals surface area (Å²) in [4.78, 5) is 0. The van der Waals surface area contributed by atoms with Crippen LogP contribution in [-0.4, -0.2) is 15.0 Å². The maximum absolute atomic E-state index is 11.3. The van der Waals surface area contributed by atoms with Gasteiger partial charge in [-0.25, -0.2) is 4.73 Å². The monoisotopic (exact) mass is 196 g/mol. The van der Waals surface area contributed by atoms with Gasteiger partial charge in [-0.05, 0) is 0 Å². The third-order valence-electron chi connectivity index (χ3n) is 2.00. The Bertz CT molecular complexity index is 474. The molecule has 2 aromatic rings. The van der Waals surface area contributed by atoms with Gasteiger partial charge in [-0.3, -0.25) is 5.73 Å². The predicted molar refractivity (Wildman–Crippen MR) is 48.6 cm³/mol. The van der Waals surface area contributed by atoms with Gasteiger partial charge in [0.2, 0.25) is 0 Å². The first kappa shape index (κ1) is 8.30. The molecule has 7 heteroatoms. The molecule has 0 aliphatic heterocycles. The van der Waals surface area contributed by atoms with Gasteiger partial charge in [-0.2, -0.15) is 0 Å². The minimum Gasteiger partial charge on any atom is -0.740 e. The second kappa shape index (κ2) is 2.34. The molecule has 0 saturated heterocycles. The van der Waals surface area contributed by atoms with E-state index in [0.29, 0.717) is 9.46 Å². The molecular weight excluding hydrogens is 188 g/mol. The summed E-state index contributed by atoms with van der Waals surface area (Å²) in [5, 5.41) is 29.8. The van der Waals surface area contributed by atoms with Crippen LogP contribution >= 0.6 is 0 Å². The molecule has 1 heterocycles. The van der Waals surface area contributed by atoms with Crippen molar-refractivity contribution in [2.75, 3.05) is 11.5 Å². The van der Waals surface area contributed by atoms with Crippen molar-refractivity contribution in [3.8, 4) is 5.75 Å². The summed E-state index contributed by atoms with van der Waals surface area (Å²) in [6.07, 6.45) is 0. The number of phenols is 1. The van der Waals surface area contributed by atoms with E-state index in [4.69, 9.17) is 11.5 Å². The molecule has 74 valence electrons. The Hall–Kier alpha value is -2.31. The molecule has 1 aromatic carbocycles. The van der Waals surface area contributed by atoms with Gasteiger partial charge < -0.3 is 21.3 Å². The number of nitrogen functional groups attached to an aromatic ring is 2. The van der Waals surface area contributed by atoms with Gasteiger partial charge in [0.05, 0.1) is 5.69 Å². The van der Waals surface area contributed by atoms with E-state index in [1.165, 1.54) is 6.07 Å². The molecule has 0 bridgehead atoms. The average Bonchev–Trinajstić information content (AvgIpc) is 2.34. The summed E-state index contributed by atoms with van der Waals surface area (Å²) < 4.78 is 0.812. The highest BCUT2D eigenvalue weighted by Gasteiger charge is 2.17. The Morgan fingerprint density at radius 3 is 2.64 bits per heavy atom. The summed E-state index contributed by atoms with van der Waals surface area (Å²) in [5.74, 6) is -0.601. The standard InChI is InChI=1S/C7H8N4O3/c8-3-1-4-5(2-6(3)12)11(14)7(9)10(4)13/h1-2,12,14H,8-9H2. The van der Waals surface area contributed by atoms with E-state index in [1.54, 1.807) is 0 Å². The van der Waals surface area contributed by atoms with E-state index < -0.39 is 0 Å². The number of anilines is 2. The van der Waals surface area contributed by atoms with E-state index in [0.717, 1.165) is 6.07 Å². The second-order valence-corrected chi connectivity index (χ2v) is 2.86. The van der Waals surface area contributed by atoms with E-state index in [2.05, 4.69) is 0 Å². The van der Waals surface area contributed by atoms with Gasteiger partial charge in [-0.15, -0.1) is 0 Å². The zero-order valence-corrected chi connectivity index (χ0v) is 7.01.